The van der Waals surface area contributed by atoms with Crippen LogP contribution in [0.5, 0.6) is 0 Å². The van der Waals surface area contributed by atoms with Crippen LogP contribution in [0.15, 0.2) is 18.2 Å². The molecule has 2 heterocycles. The van der Waals surface area contributed by atoms with Crippen LogP contribution in [0.4, 0.5) is 5.82 Å². The molecule has 1 unspecified atom stereocenters. The van der Waals surface area contributed by atoms with Crippen LogP contribution in [0.3, 0.4) is 0 Å². The van der Waals surface area contributed by atoms with Gasteiger partial charge in [0.05, 0.1) is 26.4 Å². The number of aromatic nitrogens is 1. The maximum atomic E-state index is 11.9. The fourth-order valence-corrected chi connectivity index (χ4v) is 1.56. The van der Waals surface area contributed by atoms with Crippen molar-refractivity contribution in [2.75, 3.05) is 31.7 Å². The van der Waals surface area contributed by atoms with Crippen molar-refractivity contribution < 1.29 is 14.3 Å². The number of anilines is 1. The van der Waals surface area contributed by atoms with Gasteiger partial charge in [0.25, 0.3) is 5.91 Å². The van der Waals surface area contributed by atoms with Crippen molar-refractivity contribution >= 4 is 11.7 Å². The molecule has 1 aromatic heterocycles. The van der Waals surface area contributed by atoms with E-state index in [9.17, 15) is 4.79 Å². The zero-order valence-corrected chi connectivity index (χ0v) is 10.4. The normalized spacial score (nSPS) is 18.3. The number of hydrogen-bond acceptors (Lipinski definition) is 5. The van der Waals surface area contributed by atoms with E-state index in [0.29, 0.717) is 24.7 Å². The van der Waals surface area contributed by atoms with E-state index in [1.165, 1.54) is 0 Å². The van der Waals surface area contributed by atoms with Crippen molar-refractivity contribution in [3.63, 3.8) is 0 Å². The molecule has 2 rings (SSSR count). The summed E-state index contributed by atoms with van der Waals surface area (Å²) in [4.78, 5) is 16.1. The van der Waals surface area contributed by atoms with Gasteiger partial charge in [0.1, 0.15) is 11.5 Å². The first-order valence-corrected chi connectivity index (χ1v) is 5.96. The second kappa shape index (κ2) is 6.85. The van der Waals surface area contributed by atoms with Crippen molar-refractivity contribution in [1.82, 2.24) is 4.98 Å². The van der Waals surface area contributed by atoms with Crippen LogP contribution in [-0.2, 0) is 14.3 Å². The highest BCUT2D eigenvalue weighted by Crippen LogP contribution is 2.07. The molecular weight excluding hydrogens is 246 g/mol. The molecule has 1 atom stereocenters. The summed E-state index contributed by atoms with van der Waals surface area (Å²) >= 11 is 0. The summed E-state index contributed by atoms with van der Waals surface area (Å²) in [7, 11) is 0. The Kier molecular flexibility index (Phi) is 4.86. The Bertz CT molecular complexity index is 501. The maximum Gasteiger partial charge on any atom is 0.257 e. The molecule has 100 valence electrons. The van der Waals surface area contributed by atoms with Crippen molar-refractivity contribution in [2.24, 2.45) is 5.73 Å². The molecular formula is C13H15N3O3. The van der Waals surface area contributed by atoms with Gasteiger partial charge in [0.2, 0.25) is 0 Å². The number of amides is 1. The van der Waals surface area contributed by atoms with Gasteiger partial charge in [0, 0.05) is 0 Å². The zero-order chi connectivity index (χ0) is 13.5. The van der Waals surface area contributed by atoms with Crippen molar-refractivity contribution in [1.29, 1.82) is 0 Å². The Morgan fingerprint density at radius 1 is 1.53 bits per heavy atom. The molecule has 1 fully saturated rings. The first-order chi connectivity index (χ1) is 9.29. The predicted molar refractivity (Wildman–Crippen MR) is 69.4 cm³/mol. The topological polar surface area (TPSA) is 86.5 Å². The molecule has 1 aliphatic heterocycles. The van der Waals surface area contributed by atoms with E-state index in [0.717, 1.165) is 0 Å². The second-order valence-electron chi connectivity index (χ2n) is 3.84. The molecule has 3 N–H and O–H groups in total. The SMILES string of the molecule is NCC#Cc1cccc(NC(=O)C2COCCO2)n1. The Balaban J connectivity index is 1.99. The molecule has 6 heteroatoms. The highest BCUT2D eigenvalue weighted by Gasteiger charge is 2.22. The van der Waals surface area contributed by atoms with Crippen LogP contribution in [0.25, 0.3) is 0 Å². The van der Waals surface area contributed by atoms with Gasteiger partial charge in [0.15, 0.2) is 6.10 Å². The van der Waals surface area contributed by atoms with E-state index >= 15 is 0 Å². The molecule has 0 spiro atoms. The molecule has 6 nitrogen and oxygen atoms in total. The van der Waals surface area contributed by atoms with Gasteiger partial charge < -0.3 is 20.5 Å². The summed E-state index contributed by atoms with van der Waals surface area (Å²) < 4.78 is 10.5. The van der Waals surface area contributed by atoms with Gasteiger partial charge in [-0.3, -0.25) is 4.79 Å². The summed E-state index contributed by atoms with van der Waals surface area (Å²) in [6.07, 6.45) is -0.589. The zero-order valence-electron chi connectivity index (χ0n) is 10.4. The molecule has 1 aliphatic rings. The van der Waals surface area contributed by atoms with Gasteiger partial charge in [-0.25, -0.2) is 4.98 Å². The van der Waals surface area contributed by atoms with Crippen LogP contribution in [-0.4, -0.2) is 43.4 Å². The lowest BCUT2D eigenvalue weighted by molar-refractivity contribution is -0.142. The van der Waals surface area contributed by atoms with Crippen LogP contribution >= 0.6 is 0 Å². The number of ether oxygens (including phenoxy) is 2. The van der Waals surface area contributed by atoms with Crippen LogP contribution in [0.2, 0.25) is 0 Å². The summed E-state index contributed by atoms with van der Waals surface area (Å²) in [5.74, 6) is 5.68. The Hall–Kier alpha value is -1.94. The first-order valence-electron chi connectivity index (χ1n) is 5.96. The maximum absolute atomic E-state index is 11.9. The van der Waals surface area contributed by atoms with Crippen LogP contribution < -0.4 is 11.1 Å². The molecule has 0 bridgehead atoms. The van der Waals surface area contributed by atoms with Gasteiger partial charge in [-0.2, -0.15) is 0 Å². The number of nitrogens with one attached hydrogen (secondary N) is 1. The molecule has 0 saturated carbocycles. The van der Waals surface area contributed by atoms with E-state index < -0.39 is 6.10 Å². The van der Waals surface area contributed by atoms with Gasteiger partial charge >= 0.3 is 0 Å². The lowest BCUT2D eigenvalue weighted by Gasteiger charge is -2.21. The average Bonchev–Trinajstić information content (AvgIpc) is 2.46. The van der Waals surface area contributed by atoms with E-state index in [1.54, 1.807) is 18.2 Å². The van der Waals surface area contributed by atoms with Crippen LogP contribution in [0.1, 0.15) is 5.69 Å². The fourth-order valence-electron chi connectivity index (χ4n) is 1.56. The lowest BCUT2D eigenvalue weighted by atomic mass is 10.3. The number of nitrogens with zero attached hydrogens (tertiary/aromatic N) is 1. The Labute approximate surface area is 111 Å². The van der Waals surface area contributed by atoms with Gasteiger partial charge in [-0.05, 0) is 18.1 Å². The third-order valence-electron chi connectivity index (χ3n) is 2.43. The number of pyridine rings is 1. The predicted octanol–water partition coefficient (Wildman–Crippen LogP) is -0.254. The first kappa shape index (κ1) is 13.5. The van der Waals surface area contributed by atoms with E-state index in [2.05, 4.69) is 22.1 Å². The number of carbonyl (C=O) groups excluding carboxylic acids is 1. The van der Waals surface area contributed by atoms with Crippen molar-refractivity contribution in [3.05, 3.63) is 23.9 Å². The monoisotopic (exact) mass is 261 g/mol. The Morgan fingerprint density at radius 3 is 3.16 bits per heavy atom. The Morgan fingerprint density at radius 2 is 2.42 bits per heavy atom. The molecule has 1 aromatic rings. The second-order valence-corrected chi connectivity index (χ2v) is 3.84. The molecule has 1 saturated heterocycles. The van der Waals surface area contributed by atoms with E-state index in [1.807, 2.05) is 0 Å². The van der Waals surface area contributed by atoms with E-state index in [-0.39, 0.29) is 19.1 Å². The summed E-state index contributed by atoms with van der Waals surface area (Å²) in [5.41, 5.74) is 5.85. The smallest absolute Gasteiger partial charge is 0.257 e. The minimum atomic E-state index is -0.589. The number of nitrogens with two attached hydrogens (primary N) is 1. The minimum Gasteiger partial charge on any atom is -0.376 e. The molecule has 0 radical (unpaired) electrons. The number of hydrogen-bond donors (Lipinski definition) is 2. The third kappa shape index (κ3) is 4.03. The van der Waals surface area contributed by atoms with Crippen molar-refractivity contribution in [2.45, 2.75) is 6.10 Å². The highest BCUT2D eigenvalue weighted by molar-refractivity contribution is 5.93. The summed E-state index contributed by atoms with van der Waals surface area (Å²) in [6, 6.07) is 5.20. The summed E-state index contributed by atoms with van der Waals surface area (Å²) in [5, 5.41) is 2.67. The minimum absolute atomic E-state index is 0.262. The molecule has 1 amide bonds. The standard InChI is InChI=1S/C13H15N3O3/c14-6-2-4-10-3-1-5-12(15-10)16-13(17)11-9-18-7-8-19-11/h1,3,5,11H,6-9,14H2,(H,15,16,17). The largest absolute Gasteiger partial charge is 0.376 e. The molecule has 0 aromatic carbocycles. The molecule has 19 heavy (non-hydrogen) atoms. The molecule has 0 aliphatic carbocycles. The highest BCUT2D eigenvalue weighted by atomic mass is 16.6. The quantitative estimate of drug-likeness (QED) is 0.717. The fraction of sp³-hybridized carbons (Fsp3) is 0.385. The lowest BCUT2D eigenvalue weighted by Crippen LogP contribution is -2.39. The van der Waals surface area contributed by atoms with Gasteiger partial charge in [-0.15, -0.1) is 0 Å². The summed E-state index contributed by atoms with van der Waals surface area (Å²) in [6.45, 7) is 1.48. The third-order valence-corrected chi connectivity index (χ3v) is 2.43. The van der Waals surface area contributed by atoms with Crippen molar-refractivity contribution in [3.8, 4) is 11.8 Å². The number of carbonyl (C=O) groups is 1. The average molecular weight is 261 g/mol. The van der Waals surface area contributed by atoms with E-state index in [4.69, 9.17) is 15.2 Å². The van der Waals surface area contributed by atoms with Gasteiger partial charge in [-0.1, -0.05) is 12.0 Å². The van der Waals surface area contributed by atoms with Crippen LogP contribution in [0, 0.1) is 11.8 Å². The number of rotatable bonds is 2.